The second kappa shape index (κ2) is 10.8. The van der Waals surface area contributed by atoms with Crippen molar-refractivity contribution in [2.24, 2.45) is 0 Å². The van der Waals surface area contributed by atoms with E-state index >= 15 is 0 Å². The highest BCUT2D eigenvalue weighted by Gasteiger charge is 2.26. The van der Waals surface area contributed by atoms with E-state index in [2.05, 4.69) is 19.7 Å². The molecular weight excluding hydrogens is 524 g/mol. The number of nitrogens with one attached hydrogen (secondary N) is 2. The van der Waals surface area contributed by atoms with Crippen LogP contribution in [0.4, 0.5) is 5.82 Å². The van der Waals surface area contributed by atoms with Gasteiger partial charge in [0.05, 0.1) is 21.3 Å². The van der Waals surface area contributed by atoms with Crippen molar-refractivity contribution in [1.82, 2.24) is 15.0 Å². The summed E-state index contributed by atoms with van der Waals surface area (Å²) < 4.78 is 51.1. The van der Waals surface area contributed by atoms with Gasteiger partial charge >= 0.3 is 0 Å². The van der Waals surface area contributed by atoms with Gasteiger partial charge in [-0.3, -0.25) is 9.52 Å². The minimum Gasteiger partial charge on any atom is -0.497 e. The van der Waals surface area contributed by atoms with Gasteiger partial charge in [-0.15, -0.1) is 0 Å². The van der Waals surface area contributed by atoms with Gasteiger partial charge in [-0.2, -0.15) is 0 Å². The number of pyridine rings is 1. The number of aromatic nitrogens is 3. The van der Waals surface area contributed by atoms with Crippen LogP contribution in [0.3, 0.4) is 0 Å². The van der Waals surface area contributed by atoms with Gasteiger partial charge in [0.25, 0.3) is 10.0 Å². The number of aromatic amines is 1. The number of H-pyrrole nitrogens is 1. The normalized spacial score (nSPS) is 11.0. The molecule has 37 heavy (non-hydrogen) atoms. The zero-order chi connectivity index (χ0) is 26.6. The van der Waals surface area contributed by atoms with Crippen LogP contribution in [0.15, 0.2) is 70.5 Å². The van der Waals surface area contributed by atoms with Crippen molar-refractivity contribution in [3.05, 3.63) is 76.3 Å². The Balaban J connectivity index is 1.88. The van der Waals surface area contributed by atoms with Gasteiger partial charge in [0, 0.05) is 23.9 Å². The lowest BCUT2D eigenvalue weighted by atomic mass is 10.2. The molecule has 2 heterocycles. The Morgan fingerprint density at radius 3 is 2.30 bits per heavy atom. The van der Waals surface area contributed by atoms with Gasteiger partial charge in [0.2, 0.25) is 11.3 Å². The van der Waals surface area contributed by atoms with Gasteiger partial charge in [0.15, 0.2) is 28.3 Å². The molecule has 2 N–H and O–H groups in total. The first-order chi connectivity index (χ1) is 17.7. The first kappa shape index (κ1) is 25.8. The minimum absolute atomic E-state index is 0.0150. The Kier molecular flexibility index (Phi) is 7.50. The molecular formula is C24H21ClN4O7S. The number of rotatable bonds is 9. The van der Waals surface area contributed by atoms with E-state index in [-0.39, 0.29) is 44.7 Å². The van der Waals surface area contributed by atoms with Crippen LogP contribution in [0, 0.1) is 0 Å². The Bertz CT molecular complexity index is 1610. The molecule has 0 fully saturated rings. The molecule has 4 rings (SSSR count). The van der Waals surface area contributed by atoms with E-state index in [1.54, 1.807) is 30.3 Å². The SMILES string of the molecule is COc1ccc(OC)c(S(=O)(=O)Nc2nc(-c3cc[nH]c(=O)c3)nc(Cl)c2Oc2ccccc2OC)c1. The van der Waals surface area contributed by atoms with Crippen LogP contribution < -0.4 is 29.2 Å². The highest BCUT2D eigenvalue weighted by atomic mass is 35.5. The van der Waals surface area contributed by atoms with Gasteiger partial charge in [-0.1, -0.05) is 23.7 Å². The molecule has 2 aromatic carbocycles. The van der Waals surface area contributed by atoms with Gasteiger partial charge < -0.3 is 23.9 Å². The molecule has 0 saturated carbocycles. The monoisotopic (exact) mass is 544 g/mol. The Hall–Kier alpha value is -4.29. The topological polar surface area (TPSA) is 142 Å². The number of hydrogen-bond acceptors (Lipinski definition) is 9. The lowest BCUT2D eigenvalue weighted by Crippen LogP contribution is -2.17. The average Bonchev–Trinajstić information content (AvgIpc) is 2.90. The highest BCUT2D eigenvalue weighted by molar-refractivity contribution is 7.92. The zero-order valence-corrected chi connectivity index (χ0v) is 21.4. The number of benzene rings is 2. The molecule has 0 aliphatic heterocycles. The van der Waals surface area contributed by atoms with E-state index in [1.165, 1.54) is 51.8 Å². The van der Waals surface area contributed by atoms with E-state index in [0.29, 0.717) is 11.3 Å². The summed E-state index contributed by atoms with van der Waals surface area (Å²) in [6, 6.07) is 13.8. The molecule has 192 valence electrons. The lowest BCUT2D eigenvalue weighted by Gasteiger charge is -2.17. The molecule has 0 spiro atoms. The van der Waals surface area contributed by atoms with E-state index < -0.39 is 15.6 Å². The first-order valence-electron chi connectivity index (χ1n) is 10.6. The number of ether oxygens (including phenoxy) is 4. The summed E-state index contributed by atoms with van der Waals surface area (Å²) in [5.41, 5.74) is -0.108. The van der Waals surface area contributed by atoms with Crippen LogP contribution in [-0.2, 0) is 10.0 Å². The van der Waals surface area contributed by atoms with Crippen LogP contribution >= 0.6 is 11.6 Å². The standard InChI is InChI=1S/C24H21ClN4O7S/c1-33-15-8-9-18(35-3)19(13-15)37(31,32)29-24-21(36-17-7-5-4-6-16(17)34-2)22(25)27-23(28-24)14-10-11-26-20(30)12-14/h4-13H,1-3H3,(H,26,30)(H,27,28,29). The number of anilines is 1. The van der Waals surface area contributed by atoms with E-state index in [4.69, 9.17) is 30.5 Å². The van der Waals surface area contributed by atoms with Crippen LogP contribution in [0.5, 0.6) is 28.7 Å². The molecule has 4 aromatic rings. The van der Waals surface area contributed by atoms with Crippen molar-refractivity contribution in [3.63, 3.8) is 0 Å². The number of nitrogens with zero attached hydrogens (tertiary/aromatic N) is 2. The summed E-state index contributed by atoms with van der Waals surface area (Å²) in [5.74, 6) is 0.460. The molecule has 2 aromatic heterocycles. The summed E-state index contributed by atoms with van der Waals surface area (Å²) in [6.45, 7) is 0. The fourth-order valence-corrected chi connectivity index (χ4v) is 4.68. The Morgan fingerprint density at radius 1 is 0.892 bits per heavy atom. The summed E-state index contributed by atoms with van der Waals surface area (Å²) in [6.07, 6.45) is 1.40. The van der Waals surface area contributed by atoms with Gasteiger partial charge in [-0.25, -0.2) is 18.4 Å². The van der Waals surface area contributed by atoms with Crippen LogP contribution in [0.1, 0.15) is 0 Å². The number of halogens is 1. The summed E-state index contributed by atoms with van der Waals surface area (Å²) in [5, 5.41) is -0.216. The third-order valence-electron chi connectivity index (χ3n) is 5.03. The summed E-state index contributed by atoms with van der Waals surface area (Å²) in [4.78, 5) is 22.7. The number of methoxy groups -OCH3 is 3. The quantitative estimate of drug-likeness (QED) is 0.298. The van der Waals surface area contributed by atoms with Crippen LogP contribution in [0.25, 0.3) is 11.4 Å². The molecule has 0 atom stereocenters. The average molecular weight is 545 g/mol. The molecule has 0 radical (unpaired) electrons. The zero-order valence-electron chi connectivity index (χ0n) is 19.8. The Morgan fingerprint density at radius 2 is 1.62 bits per heavy atom. The fraction of sp³-hybridized carbons (Fsp3) is 0.125. The second-order valence-electron chi connectivity index (χ2n) is 7.33. The van der Waals surface area contributed by atoms with E-state index in [1.807, 2.05) is 0 Å². The van der Waals surface area contributed by atoms with Gasteiger partial charge in [0.1, 0.15) is 16.4 Å². The number of sulfonamides is 1. The predicted molar refractivity (Wildman–Crippen MR) is 137 cm³/mol. The van der Waals surface area contributed by atoms with E-state index in [0.717, 1.165) is 0 Å². The molecule has 11 nitrogen and oxygen atoms in total. The first-order valence-corrected chi connectivity index (χ1v) is 12.4. The minimum atomic E-state index is -4.33. The third-order valence-corrected chi connectivity index (χ3v) is 6.65. The van der Waals surface area contributed by atoms with Crippen molar-refractivity contribution < 1.29 is 27.4 Å². The highest BCUT2D eigenvalue weighted by Crippen LogP contribution is 2.40. The largest absolute Gasteiger partial charge is 0.497 e. The van der Waals surface area contributed by atoms with Crippen molar-refractivity contribution in [2.45, 2.75) is 4.90 Å². The van der Waals surface area contributed by atoms with Gasteiger partial charge in [-0.05, 0) is 30.3 Å². The predicted octanol–water partition coefficient (Wildman–Crippen LogP) is 4.10. The summed E-state index contributed by atoms with van der Waals surface area (Å²) in [7, 11) is -0.130. The van der Waals surface area contributed by atoms with Crippen molar-refractivity contribution in [3.8, 4) is 40.1 Å². The smallest absolute Gasteiger partial charge is 0.266 e. The third kappa shape index (κ3) is 5.60. The van der Waals surface area contributed by atoms with Crippen molar-refractivity contribution >= 4 is 27.4 Å². The lowest BCUT2D eigenvalue weighted by molar-refractivity contribution is 0.378. The van der Waals surface area contributed by atoms with Crippen LogP contribution in [0.2, 0.25) is 5.15 Å². The number of hydrogen-bond donors (Lipinski definition) is 2. The van der Waals surface area contributed by atoms with Crippen molar-refractivity contribution in [1.29, 1.82) is 0 Å². The fourth-order valence-electron chi connectivity index (χ4n) is 3.28. The molecule has 0 aliphatic rings. The van der Waals surface area contributed by atoms with Crippen LogP contribution in [-0.4, -0.2) is 44.7 Å². The second-order valence-corrected chi connectivity index (χ2v) is 9.34. The Labute approximate surface area is 217 Å². The molecule has 13 heteroatoms. The molecule has 0 saturated heterocycles. The maximum absolute atomic E-state index is 13.5. The molecule has 0 bridgehead atoms. The van der Waals surface area contributed by atoms with Crippen molar-refractivity contribution in [2.75, 3.05) is 26.1 Å². The van der Waals surface area contributed by atoms with E-state index in [9.17, 15) is 13.2 Å². The molecule has 0 aliphatic carbocycles. The maximum Gasteiger partial charge on any atom is 0.266 e. The maximum atomic E-state index is 13.5. The number of para-hydroxylation sites is 2. The molecule has 0 unspecified atom stereocenters. The summed E-state index contributed by atoms with van der Waals surface area (Å²) >= 11 is 6.47. The molecule has 0 amide bonds.